The zero-order chi connectivity index (χ0) is 46.1. The Morgan fingerprint density at radius 2 is 1.65 bits per heavy atom. The normalized spacial score (nSPS) is 22.5. The molecule has 1 fully saturated rings. The number of carbonyl (C=O) groups is 1. The number of aryl methyl sites for hydroxylation is 2. The van der Waals surface area contributed by atoms with E-state index in [-0.39, 0.29) is 68.6 Å². The maximum atomic E-state index is 14.9. The molecule has 0 radical (unpaired) electrons. The van der Waals surface area contributed by atoms with Crippen LogP contribution in [0.5, 0.6) is 23.0 Å². The van der Waals surface area contributed by atoms with Crippen molar-refractivity contribution in [2.24, 2.45) is 22.9 Å². The molecule has 4 aromatic carbocycles. The average Bonchev–Trinajstić information content (AvgIpc) is 3.30. The monoisotopic (exact) mass is 891 g/mol. The minimum absolute atomic E-state index is 0.00895. The first-order chi connectivity index (χ1) is 31.5. The van der Waals surface area contributed by atoms with Gasteiger partial charge in [-0.3, -0.25) is 15.0 Å². The highest BCUT2D eigenvalue weighted by molar-refractivity contribution is 6.03. The molecule has 7 rings (SSSR count). The molecule has 3 aliphatic rings. The van der Waals surface area contributed by atoms with E-state index in [1.165, 1.54) is 41.3 Å². The molecule has 0 spiro atoms. The molecule has 0 saturated heterocycles. The number of nitrogens with zero attached hydrogens (tertiary/aromatic N) is 3. The Kier molecular flexibility index (Phi) is 15.3. The summed E-state index contributed by atoms with van der Waals surface area (Å²) in [6, 6.07) is 21.8. The van der Waals surface area contributed by atoms with Crippen molar-refractivity contribution in [1.82, 2.24) is 4.90 Å². The highest BCUT2D eigenvalue weighted by atomic mass is 19.1. The summed E-state index contributed by atoms with van der Waals surface area (Å²) in [4.78, 5) is 33.2. The second-order valence-electron chi connectivity index (χ2n) is 16.9. The van der Waals surface area contributed by atoms with Crippen LogP contribution in [0.25, 0.3) is 0 Å². The number of halogens is 1. The minimum atomic E-state index is -1.61. The van der Waals surface area contributed by atoms with Gasteiger partial charge >= 0.3 is 6.09 Å². The van der Waals surface area contributed by atoms with E-state index >= 15 is 0 Å². The highest BCUT2D eigenvalue weighted by Crippen LogP contribution is 2.62. The number of non-ortho nitro benzene ring substituents is 1. The summed E-state index contributed by atoms with van der Waals surface area (Å²) >= 11 is 0. The Morgan fingerprint density at radius 1 is 0.954 bits per heavy atom. The van der Waals surface area contributed by atoms with E-state index in [1.807, 2.05) is 50.2 Å². The van der Waals surface area contributed by atoms with Crippen molar-refractivity contribution in [2.75, 3.05) is 26.4 Å². The SMILES string of the molecule is C=CCO[C@@]12Oc3ccc(Oc4ccc(C)c(C)c4)cc3[C@H]3[C@H](CCCCO)[C@@H](CCCCO)C=C(C(=NOCC)C[C@@H]1N(Cc1ccc(F)cc1)C(=O)Oc1ccc([N+](=O)[O-])cc1)[C@H]32. The zero-order valence-electron chi connectivity index (χ0n) is 37.2. The number of rotatable bonds is 20. The Bertz CT molecular complexity index is 2370. The Morgan fingerprint density at radius 3 is 2.32 bits per heavy atom. The van der Waals surface area contributed by atoms with Crippen molar-refractivity contribution < 1.29 is 48.1 Å². The molecule has 0 bridgehead atoms. The molecule has 2 aliphatic carbocycles. The van der Waals surface area contributed by atoms with Gasteiger partial charge in [-0.05, 0) is 135 Å². The first-order valence-electron chi connectivity index (χ1n) is 22.4. The molecule has 344 valence electrons. The molecule has 6 atom stereocenters. The van der Waals surface area contributed by atoms with Crippen molar-refractivity contribution in [1.29, 1.82) is 0 Å². The van der Waals surface area contributed by atoms with E-state index < -0.39 is 34.6 Å². The van der Waals surface area contributed by atoms with Crippen LogP contribution in [0.2, 0.25) is 0 Å². The number of aliphatic hydroxyl groups excluding tert-OH is 2. The van der Waals surface area contributed by atoms with Gasteiger partial charge in [-0.25, -0.2) is 9.18 Å². The molecule has 1 saturated carbocycles. The van der Waals surface area contributed by atoms with Crippen molar-refractivity contribution in [3.8, 4) is 23.0 Å². The van der Waals surface area contributed by atoms with Crippen molar-refractivity contribution >= 4 is 17.5 Å². The van der Waals surface area contributed by atoms with Crippen molar-refractivity contribution in [2.45, 2.75) is 90.0 Å². The number of carbonyl (C=O) groups excluding carboxylic acids is 1. The number of aliphatic hydroxyl groups is 2. The lowest BCUT2D eigenvalue weighted by atomic mass is 9.55. The number of fused-ring (bicyclic) bond motifs is 2. The van der Waals surface area contributed by atoms with Crippen LogP contribution in [0.15, 0.2) is 114 Å². The molecular weight excluding hydrogens is 834 g/mol. The van der Waals surface area contributed by atoms with Gasteiger partial charge in [-0.2, -0.15) is 0 Å². The Balaban J connectivity index is 1.45. The van der Waals surface area contributed by atoms with Gasteiger partial charge in [-0.1, -0.05) is 48.3 Å². The number of hydrogen-bond donors (Lipinski definition) is 2. The number of oxime groups is 1. The van der Waals surface area contributed by atoms with Gasteiger partial charge in [0.1, 0.15) is 41.5 Å². The van der Waals surface area contributed by atoms with Gasteiger partial charge < -0.3 is 34.0 Å². The summed E-state index contributed by atoms with van der Waals surface area (Å²) in [7, 11) is 0. The number of unbranched alkanes of at least 4 members (excludes halogenated alkanes) is 2. The molecule has 1 amide bonds. The van der Waals surface area contributed by atoms with Gasteiger partial charge in [0.15, 0.2) is 0 Å². The van der Waals surface area contributed by atoms with Gasteiger partial charge in [0.25, 0.3) is 5.69 Å². The highest BCUT2D eigenvalue weighted by Gasteiger charge is 2.65. The first kappa shape index (κ1) is 46.9. The van der Waals surface area contributed by atoms with Gasteiger partial charge in [0.2, 0.25) is 5.79 Å². The predicted molar refractivity (Wildman–Crippen MR) is 244 cm³/mol. The largest absolute Gasteiger partial charge is 0.459 e. The fraction of sp³-hybridized carbons (Fsp3) is 0.412. The predicted octanol–water partition coefficient (Wildman–Crippen LogP) is 10.5. The van der Waals surface area contributed by atoms with Crippen LogP contribution in [0.1, 0.15) is 80.0 Å². The van der Waals surface area contributed by atoms with Gasteiger partial charge in [0, 0.05) is 49.8 Å². The topological polar surface area (TPSA) is 162 Å². The second kappa shape index (κ2) is 21.3. The molecule has 1 heterocycles. The quantitative estimate of drug-likeness (QED) is 0.0378. The molecule has 2 N–H and O–H groups in total. The molecule has 13 nitrogen and oxygen atoms in total. The molecule has 65 heavy (non-hydrogen) atoms. The fourth-order valence-corrected chi connectivity index (χ4v) is 9.65. The Hall–Kier alpha value is -6.09. The molecule has 0 aromatic heterocycles. The zero-order valence-corrected chi connectivity index (χ0v) is 37.2. The van der Waals surface area contributed by atoms with E-state index in [2.05, 4.69) is 19.6 Å². The summed E-state index contributed by atoms with van der Waals surface area (Å²) in [5.74, 6) is -1.12. The van der Waals surface area contributed by atoms with E-state index in [9.17, 15) is 29.5 Å². The third-order valence-corrected chi connectivity index (χ3v) is 12.8. The third-order valence-electron chi connectivity index (χ3n) is 12.8. The molecular formula is C51H58FN3O10. The number of hydrogen-bond acceptors (Lipinski definition) is 11. The maximum absolute atomic E-state index is 14.9. The maximum Gasteiger partial charge on any atom is 0.416 e. The molecule has 1 aliphatic heterocycles. The number of nitro benzene ring substituents is 1. The number of nitro groups is 1. The number of allylic oxidation sites excluding steroid dienone is 1. The Labute approximate surface area is 379 Å². The van der Waals surface area contributed by atoms with Crippen molar-refractivity contribution in [3.63, 3.8) is 0 Å². The van der Waals surface area contributed by atoms with Crippen molar-refractivity contribution in [3.05, 3.63) is 147 Å². The smallest absolute Gasteiger partial charge is 0.416 e. The molecule has 0 unspecified atom stereocenters. The summed E-state index contributed by atoms with van der Waals surface area (Å²) in [5.41, 5.74) is 4.99. The van der Waals surface area contributed by atoms with Crippen LogP contribution >= 0.6 is 0 Å². The number of amides is 1. The molecule has 14 heteroatoms. The summed E-state index contributed by atoms with van der Waals surface area (Å²) < 4.78 is 41.3. The minimum Gasteiger partial charge on any atom is -0.459 e. The lowest BCUT2D eigenvalue weighted by molar-refractivity contribution is -0.384. The van der Waals surface area contributed by atoms with Crippen LogP contribution in [0.4, 0.5) is 14.9 Å². The van der Waals surface area contributed by atoms with Crippen LogP contribution in [0.3, 0.4) is 0 Å². The summed E-state index contributed by atoms with van der Waals surface area (Å²) in [5, 5.41) is 36.1. The van der Waals surface area contributed by atoms with E-state index in [0.717, 1.165) is 47.9 Å². The summed E-state index contributed by atoms with van der Waals surface area (Å²) in [6.07, 6.45) is 7.42. The van der Waals surface area contributed by atoms with Crippen LogP contribution in [-0.2, 0) is 16.1 Å². The lowest BCUT2D eigenvalue weighted by Gasteiger charge is -2.59. The van der Waals surface area contributed by atoms with E-state index in [4.69, 9.17) is 28.9 Å². The standard InChI is InChI=1S/C51H58FN3O10/c1-5-27-61-51-47(54(32-35-14-16-37(52)17-15-35)50(58)64-39-21-18-38(19-22-39)55(59)60)31-45(53-62-6-2)43-29-36(11-7-9-25-56)42(12-8-10-26-57)48(49(43)51)44-30-41(23-24-46(44)65-51)63-40-20-13-33(3)34(4)28-40/h5,13-24,28-30,36,42,47-49,56-57H,1,6-12,25-27,31-32H2,2-4H3/t36-,42+,47-,48+,49+,51+/m0/s1. The van der Waals surface area contributed by atoms with Gasteiger partial charge in [-0.15, -0.1) is 6.58 Å². The van der Waals surface area contributed by atoms with E-state index in [0.29, 0.717) is 41.4 Å². The second-order valence-corrected chi connectivity index (χ2v) is 16.9. The van der Waals surface area contributed by atoms with Crippen LogP contribution in [0, 0.1) is 47.5 Å². The molecule has 4 aromatic rings. The average molecular weight is 892 g/mol. The first-order valence-corrected chi connectivity index (χ1v) is 22.4. The number of ether oxygens (including phenoxy) is 4. The van der Waals surface area contributed by atoms with Gasteiger partial charge in [0.05, 0.1) is 23.2 Å². The van der Waals surface area contributed by atoms with E-state index in [1.54, 1.807) is 18.2 Å². The fourth-order valence-electron chi connectivity index (χ4n) is 9.65. The van der Waals surface area contributed by atoms with Crippen LogP contribution in [-0.4, -0.2) is 70.1 Å². The summed E-state index contributed by atoms with van der Waals surface area (Å²) in [6.45, 7) is 10.3. The number of benzene rings is 4. The third kappa shape index (κ3) is 10.4. The lowest BCUT2D eigenvalue weighted by Crippen LogP contribution is -2.70. The van der Waals surface area contributed by atoms with Crippen LogP contribution < -0.4 is 14.2 Å².